The van der Waals surface area contributed by atoms with Gasteiger partial charge in [0.25, 0.3) is 0 Å². The number of nitrogens with zero attached hydrogens (tertiary/aromatic N) is 2. The Kier molecular flexibility index (Phi) is 6.04. The molecule has 0 amide bonds. The van der Waals surface area contributed by atoms with Crippen LogP contribution >= 0.6 is 0 Å². The SMILES string of the molecule is CN(CC(O)COc1ccccc1C(F)(F)F)c1cccc(C(=O)O)n1. The lowest BCUT2D eigenvalue weighted by Crippen LogP contribution is -2.33. The molecule has 140 valence electrons. The van der Waals surface area contributed by atoms with Crippen molar-refractivity contribution < 1.29 is 32.9 Å². The smallest absolute Gasteiger partial charge is 0.419 e. The third kappa shape index (κ3) is 5.09. The van der Waals surface area contributed by atoms with Crippen LogP contribution in [0.3, 0.4) is 0 Å². The monoisotopic (exact) mass is 370 g/mol. The quantitative estimate of drug-likeness (QED) is 0.780. The van der Waals surface area contributed by atoms with Crippen molar-refractivity contribution in [3.63, 3.8) is 0 Å². The van der Waals surface area contributed by atoms with Gasteiger partial charge in [0.2, 0.25) is 0 Å². The highest BCUT2D eigenvalue weighted by Crippen LogP contribution is 2.35. The van der Waals surface area contributed by atoms with E-state index in [9.17, 15) is 23.1 Å². The fourth-order valence-electron chi connectivity index (χ4n) is 2.23. The number of benzene rings is 1. The van der Waals surface area contributed by atoms with Crippen LogP contribution in [0.5, 0.6) is 5.75 Å². The minimum atomic E-state index is -4.56. The number of aliphatic hydroxyl groups excluding tert-OH is 1. The first-order chi connectivity index (χ1) is 12.2. The van der Waals surface area contributed by atoms with Gasteiger partial charge in [-0.1, -0.05) is 18.2 Å². The molecule has 1 unspecified atom stereocenters. The normalized spacial score (nSPS) is 12.5. The van der Waals surface area contributed by atoms with Crippen LogP contribution in [-0.2, 0) is 6.18 Å². The van der Waals surface area contributed by atoms with Crippen molar-refractivity contribution in [3.05, 3.63) is 53.7 Å². The summed E-state index contributed by atoms with van der Waals surface area (Å²) < 4.78 is 43.8. The highest BCUT2D eigenvalue weighted by molar-refractivity contribution is 5.85. The number of ether oxygens (including phenoxy) is 1. The first-order valence-corrected chi connectivity index (χ1v) is 7.57. The van der Waals surface area contributed by atoms with Gasteiger partial charge in [-0.25, -0.2) is 9.78 Å². The molecule has 0 aliphatic rings. The molecule has 2 rings (SSSR count). The molecule has 1 aromatic carbocycles. The van der Waals surface area contributed by atoms with Gasteiger partial charge < -0.3 is 19.8 Å². The Morgan fingerprint density at radius 1 is 1.23 bits per heavy atom. The number of anilines is 1. The predicted octanol–water partition coefficient (Wildman–Crippen LogP) is 2.67. The molecule has 0 radical (unpaired) electrons. The van der Waals surface area contributed by atoms with E-state index in [1.54, 1.807) is 13.1 Å². The molecular weight excluding hydrogens is 353 g/mol. The molecule has 2 aromatic rings. The number of para-hydroxylation sites is 1. The molecule has 2 N–H and O–H groups in total. The highest BCUT2D eigenvalue weighted by Gasteiger charge is 2.34. The van der Waals surface area contributed by atoms with Gasteiger partial charge in [0.1, 0.15) is 24.3 Å². The molecule has 0 aliphatic carbocycles. The number of carboxylic acid groups (broad SMARTS) is 1. The maximum atomic E-state index is 12.9. The fraction of sp³-hybridized carbons (Fsp3) is 0.294. The zero-order valence-corrected chi connectivity index (χ0v) is 13.8. The highest BCUT2D eigenvalue weighted by atomic mass is 19.4. The number of aromatic nitrogens is 1. The molecule has 1 atom stereocenters. The van der Waals surface area contributed by atoms with Gasteiger partial charge in [-0.2, -0.15) is 13.2 Å². The van der Waals surface area contributed by atoms with Crippen LogP contribution in [0.2, 0.25) is 0 Å². The maximum absolute atomic E-state index is 12.9. The van der Waals surface area contributed by atoms with Gasteiger partial charge in [0.15, 0.2) is 5.69 Å². The molecule has 0 fully saturated rings. The predicted molar refractivity (Wildman–Crippen MR) is 87.4 cm³/mol. The van der Waals surface area contributed by atoms with Gasteiger partial charge in [-0.3, -0.25) is 0 Å². The average molecular weight is 370 g/mol. The standard InChI is InChI=1S/C17H17F3N2O4/c1-22(15-8-4-6-13(21-15)16(24)25)9-11(23)10-26-14-7-3-2-5-12(14)17(18,19)20/h2-8,11,23H,9-10H2,1H3,(H,24,25). The topological polar surface area (TPSA) is 82.9 Å². The van der Waals surface area contributed by atoms with Crippen molar-refractivity contribution >= 4 is 11.8 Å². The van der Waals surface area contributed by atoms with E-state index in [4.69, 9.17) is 9.84 Å². The third-order valence-electron chi connectivity index (χ3n) is 3.45. The van der Waals surface area contributed by atoms with E-state index < -0.39 is 23.8 Å². The van der Waals surface area contributed by atoms with Crippen LogP contribution in [0.25, 0.3) is 0 Å². The minimum Gasteiger partial charge on any atom is -0.490 e. The van der Waals surface area contributed by atoms with Crippen LogP contribution in [0, 0.1) is 0 Å². The summed E-state index contributed by atoms with van der Waals surface area (Å²) in [4.78, 5) is 16.3. The lowest BCUT2D eigenvalue weighted by molar-refractivity contribution is -0.139. The van der Waals surface area contributed by atoms with Crippen LogP contribution in [-0.4, -0.2) is 47.5 Å². The second-order valence-electron chi connectivity index (χ2n) is 5.53. The van der Waals surface area contributed by atoms with Crippen molar-refractivity contribution in [1.82, 2.24) is 4.98 Å². The van der Waals surface area contributed by atoms with Gasteiger partial charge in [-0.15, -0.1) is 0 Å². The van der Waals surface area contributed by atoms with Gasteiger partial charge >= 0.3 is 12.1 Å². The van der Waals surface area contributed by atoms with Crippen LogP contribution in [0.4, 0.5) is 19.0 Å². The zero-order chi connectivity index (χ0) is 19.3. The molecule has 0 spiro atoms. The van der Waals surface area contributed by atoms with E-state index in [2.05, 4.69) is 4.98 Å². The molecular formula is C17H17F3N2O4. The Morgan fingerprint density at radius 2 is 1.92 bits per heavy atom. The lowest BCUT2D eigenvalue weighted by atomic mass is 10.2. The number of carbonyl (C=O) groups is 1. The van der Waals surface area contributed by atoms with E-state index in [1.165, 1.54) is 35.2 Å². The second kappa shape index (κ2) is 8.05. The second-order valence-corrected chi connectivity index (χ2v) is 5.53. The Hall–Kier alpha value is -2.81. The number of carboxylic acids is 1. The number of hydrogen-bond acceptors (Lipinski definition) is 5. The Labute approximate surface area is 147 Å². The number of rotatable bonds is 7. The van der Waals surface area contributed by atoms with E-state index in [-0.39, 0.29) is 24.6 Å². The zero-order valence-electron chi connectivity index (χ0n) is 13.8. The Bertz CT molecular complexity index is 768. The number of alkyl halides is 3. The van der Waals surface area contributed by atoms with E-state index in [0.29, 0.717) is 5.82 Å². The maximum Gasteiger partial charge on any atom is 0.419 e. The summed E-state index contributed by atoms with van der Waals surface area (Å²) in [5.41, 5.74) is -1.07. The lowest BCUT2D eigenvalue weighted by Gasteiger charge is -2.22. The summed E-state index contributed by atoms with van der Waals surface area (Å²) in [5.74, 6) is -1.25. The molecule has 1 aromatic heterocycles. The first-order valence-electron chi connectivity index (χ1n) is 7.57. The van der Waals surface area contributed by atoms with E-state index >= 15 is 0 Å². The molecule has 0 saturated heterocycles. The van der Waals surface area contributed by atoms with Crippen molar-refractivity contribution in [2.75, 3.05) is 25.1 Å². The van der Waals surface area contributed by atoms with Crippen LogP contribution in [0.1, 0.15) is 16.1 Å². The molecule has 6 nitrogen and oxygen atoms in total. The number of pyridine rings is 1. The number of aromatic carboxylic acids is 1. The van der Waals surface area contributed by atoms with E-state index in [1.807, 2.05) is 0 Å². The largest absolute Gasteiger partial charge is 0.490 e. The molecule has 0 saturated carbocycles. The molecule has 1 heterocycles. The minimum absolute atomic E-state index is 0.00967. The van der Waals surface area contributed by atoms with Crippen molar-refractivity contribution in [2.45, 2.75) is 12.3 Å². The summed E-state index contributed by atoms with van der Waals surface area (Å²) >= 11 is 0. The van der Waals surface area contributed by atoms with Crippen LogP contribution in [0.15, 0.2) is 42.5 Å². The van der Waals surface area contributed by atoms with Gasteiger partial charge in [0, 0.05) is 13.6 Å². The number of likely N-dealkylation sites (N-methyl/N-ethyl adjacent to an activating group) is 1. The molecule has 9 heteroatoms. The summed E-state index contributed by atoms with van der Waals surface area (Å²) in [6, 6.07) is 9.12. The van der Waals surface area contributed by atoms with Gasteiger partial charge in [-0.05, 0) is 24.3 Å². The third-order valence-corrected chi connectivity index (χ3v) is 3.45. The number of aliphatic hydroxyl groups is 1. The average Bonchev–Trinajstić information content (AvgIpc) is 2.59. The van der Waals surface area contributed by atoms with Crippen molar-refractivity contribution in [1.29, 1.82) is 0 Å². The van der Waals surface area contributed by atoms with Crippen molar-refractivity contribution in [2.24, 2.45) is 0 Å². The van der Waals surface area contributed by atoms with Crippen LogP contribution < -0.4 is 9.64 Å². The molecule has 0 aliphatic heterocycles. The fourth-order valence-corrected chi connectivity index (χ4v) is 2.23. The first kappa shape index (κ1) is 19.5. The van der Waals surface area contributed by atoms with Crippen molar-refractivity contribution in [3.8, 4) is 5.75 Å². The van der Waals surface area contributed by atoms with E-state index in [0.717, 1.165) is 6.07 Å². The number of hydrogen-bond donors (Lipinski definition) is 2. The summed E-state index contributed by atoms with van der Waals surface area (Å²) in [7, 11) is 1.57. The molecule has 0 bridgehead atoms. The summed E-state index contributed by atoms with van der Waals surface area (Å²) in [5, 5.41) is 19.0. The van der Waals surface area contributed by atoms with Gasteiger partial charge in [0.05, 0.1) is 5.56 Å². The number of halogens is 3. The summed E-state index contributed by atoms with van der Waals surface area (Å²) in [6.07, 6.45) is -5.67. The Morgan fingerprint density at radius 3 is 2.58 bits per heavy atom. The molecule has 26 heavy (non-hydrogen) atoms. The summed E-state index contributed by atoms with van der Waals surface area (Å²) in [6.45, 7) is -0.375. The Balaban J connectivity index is 1.98.